The number of carbonyl (C=O) groups is 1. The minimum Gasteiger partial charge on any atom is -0.349 e. The molecule has 1 heterocycles. The summed E-state index contributed by atoms with van der Waals surface area (Å²) in [5.41, 5.74) is 1.84. The molecule has 3 atom stereocenters. The van der Waals surface area contributed by atoms with E-state index in [0.717, 1.165) is 18.4 Å². The summed E-state index contributed by atoms with van der Waals surface area (Å²) in [7, 11) is 0. The van der Waals surface area contributed by atoms with Crippen LogP contribution in [0.1, 0.15) is 49.0 Å². The van der Waals surface area contributed by atoms with Gasteiger partial charge in [-0.3, -0.25) is 14.2 Å². The Labute approximate surface area is 191 Å². The second kappa shape index (κ2) is 8.97. The lowest BCUT2D eigenvalue weighted by atomic mass is 9.78. The topological polar surface area (TPSA) is 66.9 Å². The number of nitrogens with one attached hydrogen (secondary N) is 2. The monoisotopic (exact) mass is 455 g/mol. The maximum atomic E-state index is 13.0. The Kier molecular flexibility index (Phi) is 6.30. The Morgan fingerprint density at radius 1 is 1.19 bits per heavy atom. The third-order valence-electron chi connectivity index (χ3n) is 6.52. The molecule has 1 saturated carbocycles. The standard InChI is InChI=1S/C24H26ClN3O2S/c1-14-4-3-5-20(15(14)2)26-22(29)17-8-11-19-21(12-17)27-24(31)28(23(19)30)13-16-6-9-18(25)10-7-16/h6-12,14-15,20H,3-5,13H2,1-2H3,(H,26,29)(H,27,31)/t14-,15-,20+/m1/s1. The first-order chi connectivity index (χ1) is 14.8. The van der Waals surface area contributed by atoms with Crippen molar-refractivity contribution >= 4 is 40.6 Å². The highest BCUT2D eigenvalue weighted by atomic mass is 35.5. The summed E-state index contributed by atoms with van der Waals surface area (Å²) < 4.78 is 1.84. The van der Waals surface area contributed by atoms with Gasteiger partial charge in [0.2, 0.25) is 0 Å². The maximum absolute atomic E-state index is 13.0. The highest BCUT2D eigenvalue weighted by Crippen LogP contribution is 2.29. The molecule has 1 aromatic heterocycles. The predicted octanol–water partition coefficient (Wildman–Crippen LogP) is 5.32. The summed E-state index contributed by atoms with van der Waals surface area (Å²) in [6.45, 7) is 4.80. The highest BCUT2D eigenvalue weighted by molar-refractivity contribution is 7.71. The molecule has 162 valence electrons. The number of amides is 1. The fourth-order valence-electron chi connectivity index (χ4n) is 4.35. The van der Waals surface area contributed by atoms with E-state index in [9.17, 15) is 9.59 Å². The van der Waals surface area contributed by atoms with Gasteiger partial charge in [0.25, 0.3) is 11.5 Å². The van der Waals surface area contributed by atoms with Gasteiger partial charge in [-0.25, -0.2) is 0 Å². The van der Waals surface area contributed by atoms with Crippen molar-refractivity contribution in [2.24, 2.45) is 11.8 Å². The number of halogens is 1. The quantitative estimate of drug-likeness (QED) is 0.523. The van der Waals surface area contributed by atoms with Crippen LogP contribution in [0.3, 0.4) is 0 Å². The number of fused-ring (bicyclic) bond motifs is 1. The first kappa shape index (κ1) is 21.8. The molecule has 4 rings (SSSR count). The normalized spacial score (nSPS) is 21.2. The van der Waals surface area contributed by atoms with E-state index in [4.69, 9.17) is 23.8 Å². The fraction of sp³-hybridized carbons (Fsp3) is 0.375. The van der Waals surface area contributed by atoms with E-state index >= 15 is 0 Å². The van der Waals surface area contributed by atoms with E-state index in [1.807, 2.05) is 12.1 Å². The molecule has 1 aliphatic rings. The molecule has 0 aliphatic heterocycles. The van der Waals surface area contributed by atoms with E-state index in [1.54, 1.807) is 30.3 Å². The van der Waals surface area contributed by atoms with Crippen molar-refractivity contribution < 1.29 is 4.79 Å². The number of hydrogen-bond donors (Lipinski definition) is 2. The second-order valence-electron chi connectivity index (χ2n) is 8.56. The zero-order chi connectivity index (χ0) is 22.1. The Bertz CT molecular complexity index is 1230. The molecule has 1 fully saturated rings. The molecule has 1 amide bonds. The van der Waals surface area contributed by atoms with Gasteiger partial charge in [-0.15, -0.1) is 0 Å². The third kappa shape index (κ3) is 4.60. The number of hydrogen-bond acceptors (Lipinski definition) is 3. The van der Waals surface area contributed by atoms with Crippen molar-refractivity contribution in [1.82, 2.24) is 14.9 Å². The maximum Gasteiger partial charge on any atom is 0.262 e. The van der Waals surface area contributed by atoms with Gasteiger partial charge in [0.15, 0.2) is 4.77 Å². The molecule has 0 unspecified atom stereocenters. The summed E-state index contributed by atoms with van der Waals surface area (Å²) in [6, 6.07) is 12.6. The van der Waals surface area contributed by atoms with Crippen LogP contribution in [0.2, 0.25) is 5.02 Å². The van der Waals surface area contributed by atoms with Crippen LogP contribution >= 0.6 is 23.8 Å². The Balaban J connectivity index is 1.61. The molecule has 0 spiro atoms. The van der Waals surface area contributed by atoms with Gasteiger partial charge in [0.1, 0.15) is 0 Å². The molecule has 2 aromatic carbocycles. The largest absolute Gasteiger partial charge is 0.349 e. The van der Waals surface area contributed by atoms with Gasteiger partial charge in [-0.1, -0.05) is 50.4 Å². The number of nitrogens with zero attached hydrogens (tertiary/aromatic N) is 1. The number of benzene rings is 2. The van der Waals surface area contributed by atoms with Gasteiger partial charge >= 0.3 is 0 Å². The minimum atomic E-state index is -0.185. The smallest absolute Gasteiger partial charge is 0.262 e. The van der Waals surface area contributed by atoms with Crippen molar-refractivity contribution in [1.29, 1.82) is 0 Å². The lowest BCUT2D eigenvalue weighted by Crippen LogP contribution is -2.43. The number of carbonyl (C=O) groups excluding carboxylic acids is 1. The van der Waals surface area contributed by atoms with E-state index in [-0.39, 0.29) is 17.5 Å². The highest BCUT2D eigenvalue weighted by Gasteiger charge is 2.28. The van der Waals surface area contributed by atoms with E-state index in [1.165, 1.54) is 11.0 Å². The number of aromatic nitrogens is 2. The summed E-state index contributed by atoms with van der Waals surface area (Å²) in [4.78, 5) is 29.0. The Morgan fingerprint density at radius 2 is 1.94 bits per heavy atom. The molecule has 3 aromatic rings. The van der Waals surface area contributed by atoms with Gasteiger partial charge in [0.05, 0.1) is 17.4 Å². The number of rotatable bonds is 4. The summed E-state index contributed by atoms with van der Waals surface area (Å²) >= 11 is 11.4. The van der Waals surface area contributed by atoms with Crippen molar-refractivity contribution in [2.75, 3.05) is 0 Å². The van der Waals surface area contributed by atoms with Crippen LogP contribution in [0.4, 0.5) is 0 Å². The van der Waals surface area contributed by atoms with Gasteiger partial charge < -0.3 is 10.3 Å². The second-order valence-corrected chi connectivity index (χ2v) is 9.38. The molecular formula is C24H26ClN3O2S. The number of H-pyrrole nitrogens is 1. The first-order valence-electron chi connectivity index (χ1n) is 10.7. The molecule has 0 saturated heterocycles. The van der Waals surface area contributed by atoms with Crippen LogP contribution in [-0.2, 0) is 6.54 Å². The summed E-state index contributed by atoms with van der Waals surface area (Å²) in [6.07, 6.45) is 3.35. The zero-order valence-corrected chi connectivity index (χ0v) is 19.2. The van der Waals surface area contributed by atoms with Crippen LogP contribution in [0, 0.1) is 16.6 Å². The average molecular weight is 456 g/mol. The van der Waals surface area contributed by atoms with Gasteiger partial charge in [-0.05, 0) is 66.4 Å². The summed E-state index contributed by atoms with van der Waals surface area (Å²) in [5, 5.41) is 4.33. The van der Waals surface area contributed by atoms with Crippen LogP contribution in [-0.4, -0.2) is 21.5 Å². The summed E-state index contributed by atoms with van der Waals surface area (Å²) in [5.74, 6) is 0.937. The van der Waals surface area contributed by atoms with Crippen molar-refractivity contribution in [2.45, 2.75) is 45.7 Å². The van der Waals surface area contributed by atoms with Crippen LogP contribution in [0.15, 0.2) is 47.3 Å². The van der Waals surface area contributed by atoms with Crippen LogP contribution in [0.25, 0.3) is 10.9 Å². The van der Waals surface area contributed by atoms with E-state index in [2.05, 4.69) is 24.1 Å². The fourth-order valence-corrected chi connectivity index (χ4v) is 4.73. The van der Waals surface area contributed by atoms with Crippen LogP contribution in [0.5, 0.6) is 0 Å². The molecule has 2 N–H and O–H groups in total. The molecule has 0 radical (unpaired) electrons. The molecular weight excluding hydrogens is 430 g/mol. The lowest BCUT2D eigenvalue weighted by molar-refractivity contribution is 0.0891. The number of aromatic amines is 1. The zero-order valence-electron chi connectivity index (χ0n) is 17.7. The van der Waals surface area contributed by atoms with Crippen molar-refractivity contribution in [3.05, 3.63) is 73.7 Å². The Morgan fingerprint density at radius 3 is 2.68 bits per heavy atom. The van der Waals surface area contributed by atoms with E-state index < -0.39 is 0 Å². The van der Waals surface area contributed by atoms with Gasteiger partial charge in [0, 0.05) is 16.6 Å². The third-order valence-corrected chi connectivity index (χ3v) is 7.10. The Hall–Kier alpha value is -2.44. The molecule has 1 aliphatic carbocycles. The van der Waals surface area contributed by atoms with Crippen LogP contribution < -0.4 is 10.9 Å². The lowest BCUT2D eigenvalue weighted by Gasteiger charge is -2.34. The molecule has 0 bridgehead atoms. The average Bonchev–Trinajstić information content (AvgIpc) is 2.75. The van der Waals surface area contributed by atoms with Gasteiger partial charge in [-0.2, -0.15) is 0 Å². The van der Waals surface area contributed by atoms with Crippen molar-refractivity contribution in [3.8, 4) is 0 Å². The minimum absolute atomic E-state index is 0.113. The predicted molar refractivity (Wildman–Crippen MR) is 127 cm³/mol. The first-order valence-corrected chi connectivity index (χ1v) is 11.4. The van der Waals surface area contributed by atoms with E-state index in [0.29, 0.717) is 44.6 Å². The SMILES string of the molecule is C[C@@H]1[C@H](C)CCC[C@@H]1NC(=O)c1ccc2c(=O)n(Cc3ccc(Cl)cc3)c(=S)[nH]c2c1. The molecule has 31 heavy (non-hydrogen) atoms. The van der Waals surface area contributed by atoms with Crippen molar-refractivity contribution in [3.63, 3.8) is 0 Å². The molecule has 7 heteroatoms. The molecule has 5 nitrogen and oxygen atoms in total.